The summed E-state index contributed by atoms with van der Waals surface area (Å²) in [5, 5.41) is 10.9. The molecule has 5 heteroatoms. The van der Waals surface area contributed by atoms with Gasteiger partial charge in [0.15, 0.2) is 0 Å². The molecule has 0 fully saturated rings. The fraction of sp³-hybridized carbons (Fsp3) is 0.188. The monoisotopic (exact) mass is 285 g/mol. The second-order valence-electron chi connectivity index (χ2n) is 4.81. The standard InChI is InChI=1S/C16H15NO4/c1-11(2)21-16(18)14-9-8-13(17(19)20)10-15(14)12-6-4-3-5-7-12/h3-11H,1-2H3. The molecule has 0 amide bonds. The number of nitro groups is 1. The smallest absolute Gasteiger partial charge is 0.339 e. The first-order valence-electron chi connectivity index (χ1n) is 6.54. The number of nitrogens with zero attached hydrogens (tertiary/aromatic N) is 1. The zero-order valence-corrected chi connectivity index (χ0v) is 11.8. The van der Waals surface area contributed by atoms with Gasteiger partial charge in [0.2, 0.25) is 0 Å². The molecule has 0 bridgehead atoms. The average Bonchev–Trinajstić information content (AvgIpc) is 2.46. The van der Waals surface area contributed by atoms with Gasteiger partial charge in [0, 0.05) is 17.7 Å². The number of ether oxygens (including phenoxy) is 1. The Morgan fingerprint density at radius 1 is 1.14 bits per heavy atom. The third kappa shape index (κ3) is 3.45. The Labute approximate surface area is 122 Å². The van der Waals surface area contributed by atoms with E-state index in [-0.39, 0.29) is 11.8 Å². The molecule has 0 atom stereocenters. The number of carbonyl (C=O) groups is 1. The maximum Gasteiger partial charge on any atom is 0.339 e. The summed E-state index contributed by atoms with van der Waals surface area (Å²) < 4.78 is 5.19. The minimum absolute atomic E-state index is 0.0602. The first-order valence-corrected chi connectivity index (χ1v) is 6.54. The third-order valence-corrected chi connectivity index (χ3v) is 2.86. The lowest BCUT2D eigenvalue weighted by Gasteiger charge is -2.12. The molecule has 0 aliphatic heterocycles. The average molecular weight is 285 g/mol. The van der Waals surface area contributed by atoms with Gasteiger partial charge in [0.25, 0.3) is 5.69 Å². The van der Waals surface area contributed by atoms with Crippen molar-refractivity contribution in [2.45, 2.75) is 20.0 Å². The van der Waals surface area contributed by atoms with Crippen LogP contribution in [0.15, 0.2) is 48.5 Å². The van der Waals surface area contributed by atoms with Crippen molar-refractivity contribution in [2.24, 2.45) is 0 Å². The SMILES string of the molecule is CC(C)OC(=O)c1ccc([N+](=O)[O-])cc1-c1ccccc1. The van der Waals surface area contributed by atoms with Crippen molar-refractivity contribution >= 4 is 11.7 Å². The van der Waals surface area contributed by atoms with Crippen molar-refractivity contribution in [3.63, 3.8) is 0 Å². The van der Waals surface area contributed by atoms with Crippen LogP contribution in [0.4, 0.5) is 5.69 Å². The molecule has 5 nitrogen and oxygen atoms in total. The van der Waals surface area contributed by atoms with Crippen LogP contribution in [0.5, 0.6) is 0 Å². The summed E-state index contributed by atoms with van der Waals surface area (Å²) in [5.41, 5.74) is 1.49. The van der Waals surface area contributed by atoms with E-state index in [0.29, 0.717) is 11.1 Å². The van der Waals surface area contributed by atoms with E-state index in [1.54, 1.807) is 26.0 Å². The number of rotatable bonds is 4. The number of hydrogen-bond acceptors (Lipinski definition) is 4. The summed E-state index contributed by atoms with van der Waals surface area (Å²) >= 11 is 0. The Hall–Kier alpha value is -2.69. The van der Waals surface area contributed by atoms with Crippen LogP contribution in [0, 0.1) is 10.1 Å². The van der Waals surface area contributed by atoms with Crippen LogP contribution in [-0.4, -0.2) is 17.0 Å². The largest absolute Gasteiger partial charge is 0.459 e. The molecule has 0 radical (unpaired) electrons. The molecular formula is C16H15NO4. The Kier molecular flexibility index (Phi) is 4.33. The second-order valence-corrected chi connectivity index (χ2v) is 4.81. The summed E-state index contributed by atoms with van der Waals surface area (Å²) in [4.78, 5) is 22.6. The van der Waals surface area contributed by atoms with Crippen LogP contribution in [0.25, 0.3) is 11.1 Å². The molecule has 108 valence electrons. The Balaban J connectivity index is 2.54. The first kappa shape index (κ1) is 14.7. The van der Waals surface area contributed by atoms with Gasteiger partial charge >= 0.3 is 5.97 Å². The van der Waals surface area contributed by atoms with Gasteiger partial charge in [0.05, 0.1) is 16.6 Å². The van der Waals surface area contributed by atoms with E-state index in [0.717, 1.165) is 5.56 Å². The highest BCUT2D eigenvalue weighted by Gasteiger charge is 2.19. The molecule has 0 saturated heterocycles. The third-order valence-electron chi connectivity index (χ3n) is 2.86. The number of carbonyl (C=O) groups excluding carboxylic acids is 1. The van der Waals surface area contributed by atoms with Gasteiger partial charge in [-0.15, -0.1) is 0 Å². The molecule has 0 aliphatic carbocycles. The Morgan fingerprint density at radius 3 is 2.38 bits per heavy atom. The number of non-ortho nitro benzene ring substituents is 1. The number of esters is 1. The summed E-state index contributed by atoms with van der Waals surface area (Å²) in [6.07, 6.45) is -0.253. The molecule has 0 aliphatic rings. The molecule has 21 heavy (non-hydrogen) atoms. The van der Waals surface area contributed by atoms with Crippen LogP contribution in [0.3, 0.4) is 0 Å². The predicted octanol–water partition coefficient (Wildman–Crippen LogP) is 3.83. The Morgan fingerprint density at radius 2 is 1.81 bits per heavy atom. The summed E-state index contributed by atoms with van der Waals surface area (Å²) in [6, 6.07) is 13.2. The van der Waals surface area contributed by atoms with E-state index in [4.69, 9.17) is 4.74 Å². The fourth-order valence-electron chi connectivity index (χ4n) is 1.96. The maximum absolute atomic E-state index is 12.1. The normalized spacial score (nSPS) is 10.4. The predicted molar refractivity (Wildman–Crippen MR) is 79.1 cm³/mol. The van der Waals surface area contributed by atoms with Crippen LogP contribution < -0.4 is 0 Å². The van der Waals surface area contributed by atoms with E-state index in [1.165, 1.54) is 18.2 Å². The maximum atomic E-state index is 12.1. The van der Waals surface area contributed by atoms with E-state index in [1.807, 2.05) is 18.2 Å². The van der Waals surface area contributed by atoms with E-state index < -0.39 is 10.9 Å². The van der Waals surface area contributed by atoms with Crippen LogP contribution in [-0.2, 0) is 4.74 Å². The van der Waals surface area contributed by atoms with Gasteiger partial charge in [-0.1, -0.05) is 30.3 Å². The number of benzene rings is 2. The number of hydrogen-bond donors (Lipinski definition) is 0. The lowest BCUT2D eigenvalue weighted by Crippen LogP contribution is -2.12. The molecule has 2 rings (SSSR count). The van der Waals surface area contributed by atoms with E-state index in [9.17, 15) is 14.9 Å². The number of nitro benzene ring substituents is 1. The van der Waals surface area contributed by atoms with Crippen LogP contribution >= 0.6 is 0 Å². The fourth-order valence-corrected chi connectivity index (χ4v) is 1.96. The topological polar surface area (TPSA) is 69.4 Å². The molecule has 2 aromatic carbocycles. The summed E-state index contributed by atoms with van der Waals surface area (Å²) in [6.45, 7) is 3.51. The van der Waals surface area contributed by atoms with Gasteiger partial charge in [-0.3, -0.25) is 10.1 Å². The van der Waals surface area contributed by atoms with Gasteiger partial charge < -0.3 is 4.74 Å². The van der Waals surface area contributed by atoms with E-state index in [2.05, 4.69) is 0 Å². The van der Waals surface area contributed by atoms with Crippen molar-refractivity contribution in [3.05, 3.63) is 64.2 Å². The lowest BCUT2D eigenvalue weighted by molar-refractivity contribution is -0.384. The van der Waals surface area contributed by atoms with Crippen molar-refractivity contribution in [2.75, 3.05) is 0 Å². The molecular weight excluding hydrogens is 270 g/mol. The molecule has 0 unspecified atom stereocenters. The minimum atomic E-state index is -0.487. The molecule has 0 N–H and O–H groups in total. The highest BCUT2D eigenvalue weighted by atomic mass is 16.6. The van der Waals surface area contributed by atoms with Crippen molar-refractivity contribution in [3.8, 4) is 11.1 Å². The van der Waals surface area contributed by atoms with E-state index >= 15 is 0 Å². The summed E-state index contributed by atoms with van der Waals surface area (Å²) in [5.74, 6) is -0.487. The minimum Gasteiger partial charge on any atom is -0.459 e. The van der Waals surface area contributed by atoms with Crippen molar-refractivity contribution < 1.29 is 14.5 Å². The molecule has 2 aromatic rings. The summed E-state index contributed by atoms with van der Waals surface area (Å²) in [7, 11) is 0. The molecule has 0 saturated carbocycles. The van der Waals surface area contributed by atoms with Crippen molar-refractivity contribution in [1.82, 2.24) is 0 Å². The lowest BCUT2D eigenvalue weighted by atomic mass is 9.99. The zero-order valence-electron chi connectivity index (χ0n) is 11.8. The van der Waals surface area contributed by atoms with Gasteiger partial charge in [-0.25, -0.2) is 4.79 Å². The highest BCUT2D eigenvalue weighted by molar-refractivity contribution is 5.98. The first-order chi connectivity index (χ1) is 9.99. The van der Waals surface area contributed by atoms with Gasteiger partial charge in [-0.2, -0.15) is 0 Å². The quantitative estimate of drug-likeness (QED) is 0.486. The molecule has 0 aromatic heterocycles. The van der Waals surface area contributed by atoms with Crippen molar-refractivity contribution in [1.29, 1.82) is 0 Å². The zero-order chi connectivity index (χ0) is 15.4. The molecule has 0 heterocycles. The second kappa shape index (κ2) is 6.17. The highest BCUT2D eigenvalue weighted by Crippen LogP contribution is 2.28. The van der Waals surface area contributed by atoms with Crippen LogP contribution in [0.2, 0.25) is 0 Å². The Bertz CT molecular complexity index is 665. The molecule has 0 spiro atoms. The van der Waals surface area contributed by atoms with Gasteiger partial charge in [-0.05, 0) is 25.5 Å². The van der Waals surface area contributed by atoms with Crippen LogP contribution in [0.1, 0.15) is 24.2 Å². The van der Waals surface area contributed by atoms with Gasteiger partial charge in [0.1, 0.15) is 0 Å².